The fourth-order valence-corrected chi connectivity index (χ4v) is 5.65. The van der Waals surface area contributed by atoms with Crippen molar-refractivity contribution in [3.63, 3.8) is 0 Å². The summed E-state index contributed by atoms with van der Waals surface area (Å²) in [6.07, 6.45) is 2.67. The summed E-state index contributed by atoms with van der Waals surface area (Å²) in [6.45, 7) is 4.76. The zero-order valence-electron chi connectivity index (χ0n) is 20.7. The van der Waals surface area contributed by atoms with Crippen LogP contribution in [-0.4, -0.2) is 84.3 Å². The van der Waals surface area contributed by atoms with Crippen molar-refractivity contribution < 1.29 is 22.7 Å². The fraction of sp³-hybridized carbons (Fsp3) is 0.440. The predicted molar refractivity (Wildman–Crippen MR) is 140 cm³/mol. The van der Waals surface area contributed by atoms with Crippen molar-refractivity contribution in [2.75, 3.05) is 73.7 Å². The molecular formula is C25H33N5O5S. The maximum atomic E-state index is 12.4. The van der Waals surface area contributed by atoms with E-state index in [9.17, 15) is 18.0 Å². The number of fused-ring (bicyclic) bond motifs is 1. The van der Waals surface area contributed by atoms with Crippen LogP contribution in [0, 0.1) is 0 Å². The fourth-order valence-electron chi connectivity index (χ4n) is 4.66. The Hall–Kier alpha value is -3.31. The van der Waals surface area contributed by atoms with Gasteiger partial charge in [-0.3, -0.25) is 18.8 Å². The summed E-state index contributed by atoms with van der Waals surface area (Å²) in [5.74, 6) is -0.648. The number of aryl methyl sites for hydroxylation is 1. The van der Waals surface area contributed by atoms with Gasteiger partial charge in [-0.05, 0) is 42.7 Å². The molecule has 0 aromatic heterocycles. The van der Waals surface area contributed by atoms with Crippen LogP contribution >= 0.6 is 0 Å². The molecule has 36 heavy (non-hydrogen) atoms. The number of anilines is 3. The van der Waals surface area contributed by atoms with Crippen molar-refractivity contribution in [2.45, 2.75) is 12.8 Å². The lowest BCUT2D eigenvalue weighted by Gasteiger charge is -2.36. The van der Waals surface area contributed by atoms with Crippen molar-refractivity contribution in [3.8, 4) is 5.75 Å². The van der Waals surface area contributed by atoms with Crippen LogP contribution in [-0.2, 0) is 26.0 Å². The molecule has 1 saturated heterocycles. The highest BCUT2D eigenvalue weighted by Gasteiger charge is 2.25. The summed E-state index contributed by atoms with van der Waals surface area (Å²) in [5, 5.41) is 5.26. The minimum Gasteiger partial charge on any atom is -0.495 e. The van der Waals surface area contributed by atoms with Gasteiger partial charge >= 0.3 is 11.8 Å². The van der Waals surface area contributed by atoms with Gasteiger partial charge in [0.05, 0.1) is 24.7 Å². The molecule has 0 saturated carbocycles. The van der Waals surface area contributed by atoms with Crippen LogP contribution in [0.5, 0.6) is 5.75 Å². The van der Waals surface area contributed by atoms with E-state index in [-0.39, 0.29) is 0 Å². The number of nitrogens with one attached hydrogen (secondary N) is 2. The highest BCUT2D eigenvalue weighted by atomic mass is 32.2. The Morgan fingerprint density at radius 3 is 2.44 bits per heavy atom. The largest absolute Gasteiger partial charge is 0.495 e. The van der Waals surface area contributed by atoms with Gasteiger partial charge in [-0.2, -0.15) is 0 Å². The number of methoxy groups -OCH3 is 1. The van der Waals surface area contributed by atoms with Crippen molar-refractivity contribution in [1.82, 2.24) is 10.2 Å². The lowest BCUT2D eigenvalue weighted by Crippen LogP contribution is -2.49. The average molecular weight is 516 g/mol. The summed E-state index contributed by atoms with van der Waals surface area (Å²) in [5.41, 5.74) is 2.91. The molecule has 2 aliphatic rings. The maximum Gasteiger partial charge on any atom is 0.313 e. The third-order valence-corrected chi connectivity index (χ3v) is 7.72. The number of para-hydroxylation sites is 2. The van der Waals surface area contributed by atoms with Crippen LogP contribution in [0.25, 0.3) is 0 Å². The van der Waals surface area contributed by atoms with Gasteiger partial charge in [0.15, 0.2) is 0 Å². The second-order valence-electron chi connectivity index (χ2n) is 8.99. The van der Waals surface area contributed by atoms with Gasteiger partial charge in [0.2, 0.25) is 10.0 Å². The predicted octanol–water partition coefficient (Wildman–Crippen LogP) is 1.28. The summed E-state index contributed by atoms with van der Waals surface area (Å²) in [4.78, 5) is 29.3. The van der Waals surface area contributed by atoms with E-state index in [4.69, 9.17) is 4.74 Å². The lowest BCUT2D eigenvalue weighted by atomic mass is 10.0. The number of amides is 2. The number of carbonyl (C=O) groups is 2. The van der Waals surface area contributed by atoms with Crippen LogP contribution in [0.4, 0.5) is 17.1 Å². The number of rotatable bonds is 7. The van der Waals surface area contributed by atoms with Crippen molar-refractivity contribution in [1.29, 1.82) is 0 Å². The molecule has 2 amide bonds. The molecule has 0 aliphatic carbocycles. The van der Waals surface area contributed by atoms with E-state index in [1.807, 2.05) is 18.2 Å². The Kier molecular flexibility index (Phi) is 8.00. The third-order valence-electron chi connectivity index (χ3n) is 6.54. The van der Waals surface area contributed by atoms with Gasteiger partial charge in [0, 0.05) is 51.5 Å². The molecule has 2 aromatic carbocycles. The number of ether oxygens (including phenoxy) is 1. The zero-order chi connectivity index (χ0) is 25.7. The number of hydrogen-bond donors (Lipinski definition) is 2. The van der Waals surface area contributed by atoms with E-state index in [1.54, 1.807) is 25.3 Å². The highest BCUT2D eigenvalue weighted by Crippen LogP contribution is 2.32. The Bertz CT molecular complexity index is 1210. The summed E-state index contributed by atoms with van der Waals surface area (Å²) in [6, 6.07) is 13.1. The van der Waals surface area contributed by atoms with Crippen LogP contribution in [0.3, 0.4) is 0 Å². The number of sulfonamides is 1. The Balaban J connectivity index is 1.24. The van der Waals surface area contributed by atoms with E-state index in [1.165, 1.54) is 10.6 Å². The van der Waals surface area contributed by atoms with E-state index >= 15 is 0 Å². The molecule has 11 heteroatoms. The zero-order valence-corrected chi connectivity index (χ0v) is 21.5. The van der Waals surface area contributed by atoms with Gasteiger partial charge in [0.25, 0.3) is 0 Å². The second kappa shape index (κ2) is 11.2. The van der Waals surface area contributed by atoms with Gasteiger partial charge in [0.1, 0.15) is 5.75 Å². The van der Waals surface area contributed by atoms with Crippen LogP contribution in [0.1, 0.15) is 12.0 Å². The van der Waals surface area contributed by atoms with E-state index in [2.05, 4.69) is 26.5 Å². The Morgan fingerprint density at radius 1 is 0.972 bits per heavy atom. The van der Waals surface area contributed by atoms with E-state index in [0.717, 1.165) is 56.0 Å². The molecular weight excluding hydrogens is 482 g/mol. The van der Waals surface area contributed by atoms with E-state index < -0.39 is 21.8 Å². The molecule has 1 fully saturated rings. The van der Waals surface area contributed by atoms with Crippen LogP contribution in [0.2, 0.25) is 0 Å². The normalized spacial score (nSPS) is 16.3. The van der Waals surface area contributed by atoms with Crippen molar-refractivity contribution >= 4 is 38.9 Å². The quantitative estimate of drug-likeness (QED) is 0.535. The van der Waals surface area contributed by atoms with Gasteiger partial charge in [-0.25, -0.2) is 8.42 Å². The highest BCUT2D eigenvalue weighted by molar-refractivity contribution is 7.92. The first-order chi connectivity index (χ1) is 17.3. The molecule has 2 heterocycles. The van der Waals surface area contributed by atoms with Crippen LogP contribution in [0.15, 0.2) is 42.5 Å². The van der Waals surface area contributed by atoms with Crippen LogP contribution < -0.4 is 24.6 Å². The van der Waals surface area contributed by atoms with Gasteiger partial charge in [-0.1, -0.05) is 18.2 Å². The molecule has 2 aromatic rings. The molecule has 2 aliphatic heterocycles. The summed E-state index contributed by atoms with van der Waals surface area (Å²) < 4.78 is 31.0. The number of hydrogen-bond acceptors (Lipinski definition) is 7. The molecule has 0 bridgehead atoms. The van der Waals surface area contributed by atoms with Crippen molar-refractivity contribution in [3.05, 3.63) is 48.0 Å². The lowest BCUT2D eigenvalue weighted by molar-refractivity contribution is -0.136. The van der Waals surface area contributed by atoms with Gasteiger partial charge < -0.3 is 20.3 Å². The molecule has 10 nitrogen and oxygen atoms in total. The number of piperazine rings is 1. The molecule has 0 radical (unpaired) electrons. The SMILES string of the molecule is COc1ccccc1N1CCN(CCNC(=O)C(=O)Nc2ccc3c(c2)N(S(C)(=O)=O)CCC3)CC1. The maximum absolute atomic E-state index is 12.4. The molecule has 2 N–H and O–H groups in total. The molecule has 194 valence electrons. The monoisotopic (exact) mass is 515 g/mol. The number of carbonyl (C=O) groups excluding carboxylic acids is 2. The van der Waals surface area contributed by atoms with Gasteiger partial charge in [-0.15, -0.1) is 0 Å². The second-order valence-corrected chi connectivity index (χ2v) is 10.9. The Labute approximate surface area is 212 Å². The minimum atomic E-state index is -3.42. The smallest absolute Gasteiger partial charge is 0.313 e. The first-order valence-corrected chi connectivity index (χ1v) is 13.9. The first kappa shape index (κ1) is 25.8. The average Bonchev–Trinajstić information content (AvgIpc) is 2.88. The van der Waals surface area contributed by atoms with E-state index in [0.29, 0.717) is 31.0 Å². The standard InChI is InChI=1S/C25H33N5O5S/c1-35-23-8-4-3-7-21(23)29-16-14-28(15-17-29)13-11-26-24(31)25(32)27-20-10-9-19-6-5-12-30(22(19)18-20)36(2,33)34/h3-4,7-10,18H,5-6,11-17H2,1-2H3,(H,26,31)(H,27,32). The summed E-state index contributed by atoms with van der Waals surface area (Å²) >= 11 is 0. The number of benzene rings is 2. The third kappa shape index (κ3) is 6.08. The summed E-state index contributed by atoms with van der Waals surface area (Å²) in [7, 11) is -1.75. The Morgan fingerprint density at radius 2 is 1.72 bits per heavy atom. The first-order valence-electron chi connectivity index (χ1n) is 12.1. The molecule has 4 rings (SSSR count). The molecule has 0 unspecified atom stereocenters. The van der Waals surface area contributed by atoms with Crippen molar-refractivity contribution in [2.24, 2.45) is 0 Å². The number of nitrogens with zero attached hydrogens (tertiary/aromatic N) is 3. The molecule has 0 atom stereocenters. The molecule has 0 spiro atoms. The topological polar surface area (TPSA) is 111 Å². The minimum absolute atomic E-state index is 0.354.